The Morgan fingerprint density at radius 2 is 2.00 bits per heavy atom. The largest absolute Gasteiger partial charge is 0.508 e. The average Bonchev–Trinajstić information content (AvgIpc) is 2.26. The van der Waals surface area contributed by atoms with Crippen LogP contribution in [0.15, 0.2) is 12.1 Å². The number of aromatic hydroxyl groups is 2. The van der Waals surface area contributed by atoms with E-state index in [1.807, 2.05) is 6.92 Å². The van der Waals surface area contributed by atoms with Gasteiger partial charge in [-0.15, -0.1) is 0 Å². The molecule has 0 saturated carbocycles. The second-order valence-electron chi connectivity index (χ2n) is 4.81. The number of phenols is 2. The van der Waals surface area contributed by atoms with Gasteiger partial charge in [-0.1, -0.05) is 6.42 Å². The van der Waals surface area contributed by atoms with Crippen molar-refractivity contribution in [2.24, 2.45) is 0 Å². The summed E-state index contributed by atoms with van der Waals surface area (Å²) in [6.07, 6.45) is 4.39. The highest BCUT2D eigenvalue weighted by atomic mass is 16.5. The van der Waals surface area contributed by atoms with Gasteiger partial charge in [-0.3, -0.25) is 0 Å². The molecule has 1 aliphatic heterocycles. The van der Waals surface area contributed by atoms with Crippen molar-refractivity contribution in [3.05, 3.63) is 23.3 Å². The van der Waals surface area contributed by atoms with Gasteiger partial charge >= 0.3 is 5.97 Å². The lowest BCUT2D eigenvalue weighted by molar-refractivity contribution is 0.0312. The van der Waals surface area contributed by atoms with Crippen LogP contribution in [-0.2, 0) is 11.2 Å². The summed E-state index contributed by atoms with van der Waals surface area (Å²) < 4.78 is 5.29. The van der Waals surface area contributed by atoms with Gasteiger partial charge in [0.25, 0.3) is 0 Å². The fraction of sp³-hybridized carbons (Fsp3) is 0.500. The summed E-state index contributed by atoms with van der Waals surface area (Å²) in [5, 5.41) is 19.3. The molecule has 0 aliphatic carbocycles. The van der Waals surface area contributed by atoms with E-state index in [1.54, 1.807) is 0 Å². The number of esters is 1. The summed E-state index contributed by atoms with van der Waals surface area (Å²) >= 11 is 0. The summed E-state index contributed by atoms with van der Waals surface area (Å²) in [5.41, 5.74) is 0.855. The van der Waals surface area contributed by atoms with Crippen molar-refractivity contribution in [2.45, 2.75) is 45.1 Å². The maximum Gasteiger partial charge on any atom is 0.342 e. The molecule has 98 valence electrons. The monoisotopic (exact) mass is 250 g/mol. The Morgan fingerprint density at radius 3 is 2.78 bits per heavy atom. The molecule has 0 bridgehead atoms. The van der Waals surface area contributed by atoms with Gasteiger partial charge in [0.15, 0.2) is 0 Å². The van der Waals surface area contributed by atoms with Crippen molar-refractivity contribution in [3.63, 3.8) is 0 Å². The number of carbonyl (C=O) groups excluding carboxylic acids is 1. The quantitative estimate of drug-likeness (QED) is 0.695. The average molecular weight is 250 g/mol. The SMILES string of the molecule is C[C@@H]1CCCCCc2cc(O)cc(O)c2C(=O)O1. The van der Waals surface area contributed by atoms with Crippen LogP contribution in [0, 0.1) is 0 Å². The van der Waals surface area contributed by atoms with Crippen LogP contribution in [0.1, 0.15) is 48.5 Å². The number of fused-ring (bicyclic) bond motifs is 1. The van der Waals surface area contributed by atoms with Gasteiger partial charge in [0.2, 0.25) is 0 Å². The second kappa shape index (κ2) is 5.29. The van der Waals surface area contributed by atoms with Gasteiger partial charge in [0.05, 0.1) is 6.10 Å². The topological polar surface area (TPSA) is 66.8 Å². The second-order valence-corrected chi connectivity index (χ2v) is 4.81. The Morgan fingerprint density at radius 1 is 1.22 bits per heavy atom. The Kier molecular flexibility index (Phi) is 3.75. The molecule has 0 aromatic heterocycles. The van der Waals surface area contributed by atoms with Crippen molar-refractivity contribution in [3.8, 4) is 11.5 Å². The van der Waals surface area contributed by atoms with E-state index in [2.05, 4.69) is 0 Å². The van der Waals surface area contributed by atoms with Crippen molar-refractivity contribution < 1.29 is 19.7 Å². The lowest BCUT2D eigenvalue weighted by Gasteiger charge is -2.18. The van der Waals surface area contributed by atoms with Gasteiger partial charge in [0, 0.05) is 6.07 Å². The van der Waals surface area contributed by atoms with Gasteiger partial charge < -0.3 is 14.9 Å². The summed E-state index contributed by atoms with van der Waals surface area (Å²) in [7, 11) is 0. The van der Waals surface area contributed by atoms with E-state index in [-0.39, 0.29) is 23.2 Å². The summed E-state index contributed by atoms with van der Waals surface area (Å²) in [5.74, 6) is -0.733. The molecule has 0 amide bonds. The lowest BCUT2D eigenvalue weighted by Crippen LogP contribution is -2.17. The molecule has 0 unspecified atom stereocenters. The van der Waals surface area contributed by atoms with E-state index >= 15 is 0 Å². The molecule has 0 saturated heterocycles. The van der Waals surface area contributed by atoms with Crippen molar-refractivity contribution in [1.82, 2.24) is 0 Å². The Balaban J connectivity index is 2.40. The third-order valence-corrected chi connectivity index (χ3v) is 3.25. The Bertz CT molecular complexity index is 453. The molecule has 1 aromatic rings. The number of cyclic esters (lactones) is 1. The summed E-state index contributed by atoms with van der Waals surface area (Å²) in [4.78, 5) is 12.0. The molecule has 2 N–H and O–H groups in total. The smallest absolute Gasteiger partial charge is 0.342 e. The lowest BCUT2D eigenvalue weighted by atomic mass is 9.98. The number of hydrogen-bond donors (Lipinski definition) is 2. The van der Waals surface area contributed by atoms with Crippen molar-refractivity contribution in [1.29, 1.82) is 0 Å². The van der Waals surface area contributed by atoms with Crippen LogP contribution in [0.3, 0.4) is 0 Å². The minimum Gasteiger partial charge on any atom is -0.508 e. The van der Waals surface area contributed by atoms with Crippen molar-refractivity contribution >= 4 is 5.97 Å². The zero-order valence-corrected chi connectivity index (χ0v) is 10.5. The fourth-order valence-corrected chi connectivity index (χ4v) is 2.33. The molecular weight excluding hydrogens is 232 g/mol. The predicted octanol–water partition coefficient (Wildman–Crippen LogP) is 2.76. The van der Waals surface area contributed by atoms with Crippen LogP contribution in [0.4, 0.5) is 0 Å². The minimum absolute atomic E-state index is 0.0239. The molecule has 1 heterocycles. The van der Waals surface area contributed by atoms with Gasteiger partial charge in [-0.2, -0.15) is 0 Å². The highest BCUT2D eigenvalue weighted by Crippen LogP contribution is 2.30. The molecule has 4 heteroatoms. The maximum absolute atomic E-state index is 12.0. The van der Waals surface area contributed by atoms with Crippen LogP contribution in [0.2, 0.25) is 0 Å². The first kappa shape index (κ1) is 12.7. The molecule has 0 spiro atoms. The fourth-order valence-electron chi connectivity index (χ4n) is 2.33. The molecule has 4 nitrogen and oxygen atoms in total. The molecule has 1 aliphatic rings. The first-order chi connectivity index (χ1) is 8.58. The van der Waals surface area contributed by atoms with Gasteiger partial charge in [0.1, 0.15) is 17.1 Å². The third kappa shape index (κ3) is 2.75. The van der Waals surface area contributed by atoms with E-state index in [9.17, 15) is 15.0 Å². The zero-order chi connectivity index (χ0) is 13.1. The Hall–Kier alpha value is -1.71. The van der Waals surface area contributed by atoms with Gasteiger partial charge in [-0.05, 0) is 44.2 Å². The zero-order valence-electron chi connectivity index (χ0n) is 10.5. The third-order valence-electron chi connectivity index (χ3n) is 3.25. The van der Waals surface area contributed by atoms with E-state index < -0.39 is 5.97 Å². The molecule has 1 aromatic carbocycles. The minimum atomic E-state index is -0.503. The van der Waals surface area contributed by atoms with Crippen LogP contribution in [-0.4, -0.2) is 22.3 Å². The van der Waals surface area contributed by atoms with Crippen LogP contribution in [0.5, 0.6) is 11.5 Å². The Labute approximate surface area is 106 Å². The molecule has 0 fully saturated rings. The number of aryl methyl sites for hydroxylation is 1. The number of ether oxygens (including phenoxy) is 1. The van der Waals surface area contributed by atoms with Crippen LogP contribution < -0.4 is 0 Å². The standard InChI is InChI=1S/C14H18O4/c1-9-5-3-2-4-6-10-7-11(15)8-12(16)13(10)14(17)18-9/h7-9,15-16H,2-6H2,1H3/t9-/m1/s1. The highest BCUT2D eigenvalue weighted by Gasteiger charge is 2.22. The van der Waals surface area contributed by atoms with E-state index in [0.717, 1.165) is 25.7 Å². The van der Waals surface area contributed by atoms with E-state index in [1.165, 1.54) is 12.1 Å². The molecule has 0 radical (unpaired) electrons. The number of phenolic OH excluding ortho intramolecular Hbond substituents is 2. The molecular formula is C14H18O4. The number of hydrogen-bond acceptors (Lipinski definition) is 4. The maximum atomic E-state index is 12.0. The molecule has 1 atom stereocenters. The van der Waals surface area contributed by atoms with Crippen LogP contribution in [0.25, 0.3) is 0 Å². The summed E-state index contributed by atoms with van der Waals surface area (Å²) in [6.45, 7) is 1.86. The van der Waals surface area contributed by atoms with E-state index in [0.29, 0.717) is 12.0 Å². The van der Waals surface area contributed by atoms with Crippen LogP contribution >= 0.6 is 0 Å². The molecule has 18 heavy (non-hydrogen) atoms. The number of rotatable bonds is 0. The van der Waals surface area contributed by atoms with E-state index in [4.69, 9.17) is 4.74 Å². The number of benzene rings is 1. The number of carbonyl (C=O) groups is 1. The van der Waals surface area contributed by atoms with Gasteiger partial charge in [-0.25, -0.2) is 4.79 Å². The predicted molar refractivity (Wildman–Crippen MR) is 66.8 cm³/mol. The molecule has 2 rings (SSSR count). The normalized spacial score (nSPS) is 20.9. The van der Waals surface area contributed by atoms with Crippen molar-refractivity contribution in [2.75, 3.05) is 0 Å². The first-order valence-electron chi connectivity index (χ1n) is 6.34. The first-order valence-corrected chi connectivity index (χ1v) is 6.34. The summed E-state index contributed by atoms with van der Waals surface area (Å²) in [6, 6.07) is 2.71. The highest BCUT2D eigenvalue weighted by molar-refractivity contribution is 5.94.